The van der Waals surface area contributed by atoms with Gasteiger partial charge in [0.25, 0.3) is 0 Å². The summed E-state index contributed by atoms with van der Waals surface area (Å²) in [6.45, 7) is 9.45. The van der Waals surface area contributed by atoms with Crippen LogP contribution in [0.3, 0.4) is 0 Å². The molecule has 1 aromatic heterocycles. The van der Waals surface area contributed by atoms with Gasteiger partial charge >= 0.3 is 7.60 Å². The molecule has 0 aliphatic rings. The quantitative estimate of drug-likeness (QED) is 0.505. The van der Waals surface area contributed by atoms with Crippen molar-refractivity contribution in [2.45, 2.75) is 34.6 Å². The van der Waals surface area contributed by atoms with Crippen molar-refractivity contribution >= 4 is 13.4 Å². The van der Waals surface area contributed by atoms with Gasteiger partial charge in [-0.05, 0) is 56.5 Å². The summed E-state index contributed by atoms with van der Waals surface area (Å²) in [4.78, 5) is 4.18. The largest absolute Gasteiger partial charge is 0.504 e. The van der Waals surface area contributed by atoms with Crippen molar-refractivity contribution < 1.29 is 23.6 Å². The van der Waals surface area contributed by atoms with Gasteiger partial charge in [0.2, 0.25) is 0 Å². The van der Waals surface area contributed by atoms with Crippen LogP contribution in [0.5, 0.6) is 17.2 Å². The van der Waals surface area contributed by atoms with Crippen LogP contribution >= 0.6 is 7.60 Å². The zero-order chi connectivity index (χ0) is 19.3. The summed E-state index contributed by atoms with van der Waals surface area (Å²) in [5.41, 5.74) is 5.14. The molecule has 142 valence electrons. The summed E-state index contributed by atoms with van der Waals surface area (Å²) in [7, 11) is -3.48. The lowest BCUT2D eigenvalue weighted by Gasteiger charge is -2.20. The number of benzene rings is 1. The molecule has 26 heavy (non-hydrogen) atoms. The van der Waals surface area contributed by atoms with Crippen molar-refractivity contribution in [3.05, 3.63) is 41.1 Å². The maximum Gasteiger partial charge on any atom is 0.400 e. The summed E-state index contributed by atoms with van der Waals surface area (Å²) in [5, 5.41) is 10.0. The third-order valence-electron chi connectivity index (χ3n) is 3.93. The number of aryl methyl sites for hydroxylation is 2. The third kappa shape index (κ3) is 4.68. The van der Waals surface area contributed by atoms with Gasteiger partial charge in [0.1, 0.15) is 5.75 Å². The number of ether oxygens (including phenoxy) is 1. The second-order valence-corrected chi connectivity index (χ2v) is 8.05. The molecule has 1 aromatic carbocycles. The van der Waals surface area contributed by atoms with Gasteiger partial charge in [0, 0.05) is 12.3 Å². The molecule has 2 aromatic rings. The molecule has 1 heterocycles. The molecule has 2 N–H and O–H groups in total. The van der Waals surface area contributed by atoms with Crippen molar-refractivity contribution in [2.75, 3.05) is 18.2 Å². The van der Waals surface area contributed by atoms with Crippen LogP contribution in [0.15, 0.2) is 24.4 Å². The van der Waals surface area contributed by atoms with Gasteiger partial charge in [0.15, 0.2) is 17.3 Å². The standard InChI is InChI=1S/C18H25N2O5P/c1-6-23-16-11-15(10-13(4)17(16)21)24-26(22,7-2)25-20-18-14(5)12(3)8-9-19-18/h8-11,21H,6-7H2,1-5H3,(H,19,20). The third-order valence-corrected chi connectivity index (χ3v) is 5.56. The van der Waals surface area contributed by atoms with Crippen LogP contribution in [-0.4, -0.2) is 22.9 Å². The number of nitrogens with one attached hydrogen (secondary N) is 1. The molecule has 0 radical (unpaired) electrons. The molecule has 0 spiro atoms. The van der Waals surface area contributed by atoms with Gasteiger partial charge in [-0.25, -0.2) is 15.0 Å². The van der Waals surface area contributed by atoms with E-state index in [-0.39, 0.29) is 17.7 Å². The van der Waals surface area contributed by atoms with E-state index in [1.165, 1.54) is 6.07 Å². The topological polar surface area (TPSA) is 89.9 Å². The molecule has 0 saturated heterocycles. The molecule has 0 bridgehead atoms. The Morgan fingerprint density at radius 2 is 1.92 bits per heavy atom. The Labute approximate surface area is 153 Å². The van der Waals surface area contributed by atoms with E-state index in [1.807, 2.05) is 26.8 Å². The summed E-state index contributed by atoms with van der Waals surface area (Å²) < 4.78 is 29.3. The van der Waals surface area contributed by atoms with E-state index >= 15 is 0 Å². The fraction of sp³-hybridized carbons (Fsp3) is 0.389. The number of aromatic hydroxyl groups is 1. The van der Waals surface area contributed by atoms with E-state index in [0.717, 1.165) is 11.1 Å². The maximum atomic E-state index is 12.9. The smallest absolute Gasteiger partial charge is 0.400 e. The van der Waals surface area contributed by atoms with E-state index in [0.29, 0.717) is 23.7 Å². The molecule has 2 rings (SSSR count). The monoisotopic (exact) mass is 380 g/mol. The van der Waals surface area contributed by atoms with Gasteiger partial charge in [-0.15, -0.1) is 0 Å². The summed E-state index contributed by atoms with van der Waals surface area (Å²) in [6.07, 6.45) is 1.79. The predicted molar refractivity (Wildman–Crippen MR) is 101 cm³/mol. The van der Waals surface area contributed by atoms with Crippen molar-refractivity contribution in [2.24, 2.45) is 0 Å². The van der Waals surface area contributed by atoms with E-state index in [9.17, 15) is 9.67 Å². The first-order chi connectivity index (χ1) is 12.3. The Bertz CT molecular complexity index is 825. The Morgan fingerprint density at radius 3 is 2.58 bits per heavy atom. The van der Waals surface area contributed by atoms with Crippen LogP contribution in [0.25, 0.3) is 0 Å². The molecule has 1 unspecified atom stereocenters. The van der Waals surface area contributed by atoms with E-state index in [1.54, 1.807) is 26.1 Å². The van der Waals surface area contributed by atoms with Crippen LogP contribution < -0.4 is 14.7 Å². The second-order valence-electron chi connectivity index (χ2n) is 5.83. The lowest BCUT2D eigenvalue weighted by atomic mass is 10.2. The molecule has 0 saturated carbocycles. The minimum Gasteiger partial charge on any atom is -0.504 e. The van der Waals surface area contributed by atoms with Gasteiger partial charge in [-0.2, -0.15) is 4.62 Å². The van der Waals surface area contributed by atoms with Crippen molar-refractivity contribution in [1.29, 1.82) is 0 Å². The van der Waals surface area contributed by atoms with Crippen LogP contribution in [0.1, 0.15) is 30.5 Å². The summed E-state index contributed by atoms with van der Waals surface area (Å²) >= 11 is 0. The number of nitrogens with zero attached hydrogens (tertiary/aromatic N) is 1. The molecular formula is C18H25N2O5P. The molecule has 0 aliphatic carbocycles. The number of hydrogen-bond donors (Lipinski definition) is 2. The predicted octanol–water partition coefficient (Wildman–Crippen LogP) is 4.75. The van der Waals surface area contributed by atoms with E-state index in [2.05, 4.69) is 10.5 Å². The first kappa shape index (κ1) is 20.1. The van der Waals surface area contributed by atoms with E-state index in [4.69, 9.17) is 13.9 Å². The Hall–Kier alpha value is -2.24. The summed E-state index contributed by atoms with van der Waals surface area (Å²) in [6, 6.07) is 4.96. The number of pyridine rings is 1. The average Bonchev–Trinajstić information content (AvgIpc) is 2.61. The molecular weight excluding hydrogens is 355 g/mol. The first-order valence-corrected chi connectivity index (χ1v) is 10.1. The number of phenolic OH excluding ortho intramolecular Hbond substituents is 1. The number of anilines is 1. The molecule has 8 heteroatoms. The maximum absolute atomic E-state index is 12.9. The minimum atomic E-state index is -3.48. The normalized spacial score (nSPS) is 13.1. The molecule has 0 amide bonds. The highest BCUT2D eigenvalue weighted by molar-refractivity contribution is 7.54. The van der Waals surface area contributed by atoms with Crippen molar-refractivity contribution in [1.82, 2.24) is 4.98 Å². The van der Waals surface area contributed by atoms with Crippen molar-refractivity contribution in [3.8, 4) is 17.2 Å². The second kappa shape index (κ2) is 8.43. The molecule has 7 nitrogen and oxygen atoms in total. The SMILES string of the molecule is CCOc1cc(OP(=O)(CC)ONc2nccc(C)c2C)cc(C)c1O. The zero-order valence-corrected chi connectivity index (χ0v) is 16.6. The Morgan fingerprint density at radius 1 is 1.19 bits per heavy atom. The van der Waals surface area contributed by atoms with Crippen LogP contribution in [0, 0.1) is 20.8 Å². The van der Waals surface area contributed by atoms with Gasteiger partial charge in [-0.1, -0.05) is 6.92 Å². The highest BCUT2D eigenvalue weighted by atomic mass is 31.2. The van der Waals surface area contributed by atoms with E-state index < -0.39 is 7.60 Å². The first-order valence-electron chi connectivity index (χ1n) is 8.41. The van der Waals surface area contributed by atoms with Gasteiger partial charge in [0.05, 0.1) is 12.8 Å². The molecule has 0 aliphatic heterocycles. The average molecular weight is 380 g/mol. The van der Waals surface area contributed by atoms with Crippen LogP contribution in [0.2, 0.25) is 0 Å². The van der Waals surface area contributed by atoms with Crippen molar-refractivity contribution in [3.63, 3.8) is 0 Å². The molecule has 0 fully saturated rings. The Balaban J connectivity index is 2.19. The fourth-order valence-corrected chi connectivity index (χ4v) is 3.14. The lowest BCUT2D eigenvalue weighted by Crippen LogP contribution is -2.09. The minimum absolute atomic E-state index is 0.0316. The van der Waals surface area contributed by atoms with Crippen LogP contribution in [0.4, 0.5) is 5.82 Å². The van der Waals surface area contributed by atoms with Gasteiger partial charge < -0.3 is 14.4 Å². The Kier molecular flexibility index (Phi) is 6.51. The number of rotatable bonds is 8. The number of phenols is 1. The highest BCUT2D eigenvalue weighted by Crippen LogP contribution is 2.49. The van der Waals surface area contributed by atoms with Crippen LogP contribution in [-0.2, 0) is 9.19 Å². The van der Waals surface area contributed by atoms with Gasteiger partial charge in [-0.3, -0.25) is 0 Å². The fourth-order valence-electron chi connectivity index (χ4n) is 2.19. The lowest BCUT2D eigenvalue weighted by molar-refractivity contribution is 0.307. The summed E-state index contributed by atoms with van der Waals surface area (Å²) in [5.74, 6) is 1.09. The number of hydrogen-bond acceptors (Lipinski definition) is 7. The zero-order valence-electron chi connectivity index (χ0n) is 15.7. The molecule has 1 atom stereocenters. The highest BCUT2D eigenvalue weighted by Gasteiger charge is 2.26. The number of aromatic nitrogens is 1.